The monoisotopic (exact) mass is 251 g/mol. The van der Waals surface area contributed by atoms with Gasteiger partial charge in [-0.2, -0.15) is 0 Å². The number of halogens is 1. The van der Waals surface area contributed by atoms with Gasteiger partial charge in [0.1, 0.15) is 17.7 Å². The van der Waals surface area contributed by atoms with Gasteiger partial charge in [-0.25, -0.2) is 4.39 Å². The highest BCUT2D eigenvalue weighted by atomic mass is 19.1. The van der Waals surface area contributed by atoms with E-state index < -0.39 is 0 Å². The van der Waals surface area contributed by atoms with E-state index in [0.717, 1.165) is 30.7 Å². The van der Waals surface area contributed by atoms with Gasteiger partial charge in [0.05, 0.1) is 0 Å². The number of hydrogen-bond acceptors (Lipinski definition) is 2. The van der Waals surface area contributed by atoms with E-state index in [2.05, 4.69) is 19.2 Å². The minimum absolute atomic E-state index is 0.188. The van der Waals surface area contributed by atoms with E-state index in [-0.39, 0.29) is 18.0 Å². The largest absolute Gasteiger partial charge is 0.490 e. The molecule has 0 radical (unpaired) electrons. The normalized spacial score (nSPS) is 22.4. The first kappa shape index (κ1) is 13.3. The number of ether oxygens (including phenoxy) is 1. The smallest absolute Gasteiger partial charge is 0.124 e. The molecular formula is C15H22FNO. The van der Waals surface area contributed by atoms with Crippen molar-refractivity contribution in [1.29, 1.82) is 0 Å². The maximum Gasteiger partial charge on any atom is 0.124 e. The van der Waals surface area contributed by atoms with Crippen LogP contribution in [0.4, 0.5) is 4.39 Å². The molecule has 100 valence electrons. The Bertz CT molecular complexity index is 394. The van der Waals surface area contributed by atoms with Gasteiger partial charge >= 0.3 is 0 Å². The molecule has 1 aliphatic heterocycles. The summed E-state index contributed by atoms with van der Waals surface area (Å²) in [5, 5.41) is 3.43. The summed E-state index contributed by atoms with van der Waals surface area (Å²) in [6, 6.07) is 5.05. The van der Waals surface area contributed by atoms with Crippen molar-refractivity contribution in [3.8, 4) is 5.75 Å². The zero-order chi connectivity index (χ0) is 13.0. The lowest BCUT2D eigenvalue weighted by molar-refractivity contribution is 0.138. The van der Waals surface area contributed by atoms with E-state index in [0.29, 0.717) is 0 Å². The number of fused-ring (bicyclic) bond motifs is 1. The number of rotatable bonds is 5. The van der Waals surface area contributed by atoms with Gasteiger partial charge < -0.3 is 10.1 Å². The van der Waals surface area contributed by atoms with Gasteiger partial charge in [0.2, 0.25) is 0 Å². The third kappa shape index (κ3) is 3.02. The Balaban J connectivity index is 2.17. The minimum atomic E-state index is -0.188. The quantitative estimate of drug-likeness (QED) is 0.859. The number of benzene rings is 1. The van der Waals surface area contributed by atoms with Crippen molar-refractivity contribution in [2.75, 3.05) is 6.54 Å². The summed E-state index contributed by atoms with van der Waals surface area (Å²) in [5.41, 5.74) is 0.963. The number of nitrogens with one attached hydrogen (secondary N) is 1. The molecular weight excluding hydrogens is 229 g/mol. The molecule has 0 fully saturated rings. The molecule has 2 unspecified atom stereocenters. The zero-order valence-corrected chi connectivity index (χ0v) is 11.2. The van der Waals surface area contributed by atoms with Crippen LogP contribution in [0.2, 0.25) is 0 Å². The van der Waals surface area contributed by atoms with Crippen LogP contribution in [0.25, 0.3) is 0 Å². The van der Waals surface area contributed by atoms with Gasteiger partial charge in [-0.1, -0.05) is 26.7 Å². The standard InChI is InChI=1S/C15H22FNO/c1-3-5-6-12-10-14(17-4-2)13-9-11(16)7-8-15(13)18-12/h7-9,12,14,17H,3-6,10H2,1-2H3. The highest BCUT2D eigenvalue weighted by Gasteiger charge is 2.27. The fourth-order valence-corrected chi connectivity index (χ4v) is 2.56. The fraction of sp³-hybridized carbons (Fsp3) is 0.600. The van der Waals surface area contributed by atoms with Crippen LogP contribution in [-0.2, 0) is 0 Å². The fourth-order valence-electron chi connectivity index (χ4n) is 2.56. The molecule has 1 heterocycles. The Hall–Kier alpha value is -1.09. The molecule has 0 saturated carbocycles. The molecule has 1 aromatic carbocycles. The molecule has 0 amide bonds. The second-order valence-corrected chi connectivity index (χ2v) is 4.91. The third-order valence-corrected chi connectivity index (χ3v) is 3.47. The van der Waals surface area contributed by atoms with Crippen molar-refractivity contribution in [3.05, 3.63) is 29.6 Å². The van der Waals surface area contributed by atoms with Crippen LogP contribution in [-0.4, -0.2) is 12.6 Å². The first-order valence-electron chi connectivity index (χ1n) is 6.94. The van der Waals surface area contributed by atoms with Crippen molar-refractivity contribution in [1.82, 2.24) is 5.32 Å². The van der Waals surface area contributed by atoms with E-state index in [1.165, 1.54) is 18.9 Å². The maximum atomic E-state index is 13.3. The van der Waals surface area contributed by atoms with Crippen LogP contribution in [0.3, 0.4) is 0 Å². The maximum absolute atomic E-state index is 13.3. The van der Waals surface area contributed by atoms with E-state index in [4.69, 9.17) is 4.74 Å². The van der Waals surface area contributed by atoms with Gasteiger partial charge in [-0.3, -0.25) is 0 Å². The van der Waals surface area contributed by atoms with Crippen molar-refractivity contribution in [2.45, 2.75) is 51.7 Å². The summed E-state index contributed by atoms with van der Waals surface area (Å²) in [6.07, 6.45) is 4.63. The predicted molar refractivity (Wildman–Crippen MR) is 71.4 cm³/mol. The molecule has 0 aliphatic carbocycles. The van der Waals surface area contributed by atoms with E-state index in [1.807, 2.05) is 0 Å². The Morgan fingerprint density at radius 3 is 2.94 bits per heavy atom. The van der Waals surface area contributed by atoms with Crippen molar-refractivity contribution in [3.63, 3.8) is 0 Å². The average molecular weight is 251 g/mol. The average Bonchev–Trinajstić information content (AvgIpc) is 2.37. The highest BCUT2D eigenvalue weighted by molar-refractivity contribution is 5.38. The highest BCUT2D eigenvalue weighted by Crippen LogP contribution is 2.36. The lowest BCUT2D eigenvalue weighted by Crippen LogP contribution is -2.33. The van der Waals surface area contributed by atoms with Gasteiger partial charge in [0, 0.05) is 18.0 Å². The molecule has 0 bridgehead atoms. The molecule has 3 heteroatoms. The van der Waals surface area contributed by atoms with Crippen LogP contribution in [0.5, 0.6) is 5.75 Å². The lowest BCUT2D eigenvalue weighted by Gasteiger charge is -2.32. The van der Waals surface area contributed by atoms with Crippen LogP contribution in [0, 0.1) is 5.82 Å². The Kier molecular flexibility index (Phi) is 4.59. The molecule has 2 rings (SSSR count). The first-order valence-corrected chi connectivity index (χ1v) is 6.94. The second kappa shape index (κ2) is 6.19. The number of unbranched alkanes of at least 4 members (excludes halogenated alkanes) is 1. The zero-order valence-electron chi connectivity index (χ0n) is 11.2. The molecule has 0 saturated heterocycles. The van der Waals surface area contributed by atoms with Gasteiger partial charge in [0.25, 0.3) is 0 Å². The Labute approximate surface area is 109 Å². The van der Waals surface area contributed by atoms with Crippen LogP contribution < -0.4 is 10.1 Å². The lowest BCUT2D eigenvalue weighted by atomic mass is 9.94. The predicted octanol–water partition coefficient (Wildman–Crippen LogP) is 3.82. The Morgan fingerprint density at radius 1 is 1.39 bits per heavy atom. The second-order valence-electron chi connectivity index (χ2n) is 4.91. The summed E-state index contributed by atoms with van der Waals surface area (Å²) >= 11 is 0. The summed E-state index contributed by atoms with van der Waals surface area (Å²) in [4.78, 5) is 0. The minimum Gasteiger partial charge on any atom is -0.490 e. The summed E-state index contributed by atoms with van der Waals surface area (Å²) < 4.78 is 19.3. The van der Waals surface area contributed by atoms with Gasteiger partial charge in [0.15, 0.2) is 0 Å². The molecule has 1 aromatic rings. The summed E-state index contributed by atoms with van der Waals surface area (Å²) in [6.45, 7) is 5.16. The molecule has 18 heavy (non-hydrogen) atoms. The molecule has 1 aliphatic rings. The van der Waals surface area contributed by atoms with E-state index >= 15 is 0 Å². The van der Waals surface area contributed by atoms with Crippen molar-refractivity contribution in [2.24, 2.45) is 0 Å². The summed E-state index contributed by atoms with van der Waals surface area (Å²) in [7, 11) is 0. The summed E-state index contributed by atoms with van der Waals surface area (Å²) in [5.74, 6) is 0.655. The molecule has 0 spiro atoms. The van der Waals surface area contributed by atoms with Gasteiger partial charge in [-0.05, 0) is 31.2 Å². The van der Waals surface area contributed by atoms with Gasteiger partial charge in [-0.15, -0.1) is 0 Å². The van der Waals surface area contributed by atoms with Crippen molar-refractivity contribution >= 4 is 0 Å². The first-order chi connectivity index (χ1) is 8.74. The molecule has 0 aromatic heterocycles. The van der Waals surface area contributed by atoms with Crippen LogP contribution >= 0.6 is 0 Å². The van der Waals surface area contributed by atoms with Crippen molar-refractivity contribution < 1.29 is 9.13 Å². The molecule has 1 N–H and O–H groups in total. The third-order valence-electron chi connectivity index (χ3n) is 3.47. The van der Waals surface area contributed by atoms with Crippen LogP contribution in [0.1, 0.15) is 51.1 Å². The Morgan fingerprint density at radius 2 is 2.22 bits per heavy atom. The topological polar surface area (TPSA) is 21.3 Å². The SMILES string of the molecule is CCCCC1CC(NCC)c2cc(F)ccc2O1. The molecule has 2 atom stereocenters. The van der Waals surface area contributed by atoms with Crippen LogP contribution in [0.15, 0.2) is 18.2 Å². The van der Waals surface area contributed by atoms with E-state index in [1.54, 1.807) is 12.1 Å². The van der Waals surface area contributed by atoms with E-state index in [9.17, 15) is 4.39 Å². The molecule has 2 nitrogen and oxygen atoms in total. The number of hydrogen-bond donors (Lipinski definition) is 1.